The lowest BCUT2D eigenvalue weighted by Crippen LogP contribution is -1.77. The highest BCUT2D eigenvalue weighted by molar-refractivity contribution is 7.13. The van der Waals surface area contributed by atoms with Crippen molar-refractivity contribution in [3.63, 3.8) is 0 Å². The maximum absolute atomic E-state index is 5.19. The Morgan fingerprint density at radius 1 is 0.938 bits per heavy atom. The summed E-state index contributed by atoms with van der Waals surface area (Å²) in [6.45, 7) is 0. The second-order valence-corrected chi connectivity index (χ2v) is 3.99. The molecule has 2 aromatic heterocycles. The van der Waals surface area contributed by atoms with E-state index in [1.165, 1.54) is 16.7 Å². The lowest BCUT2D eigenvalue weighted by molar-refractivity contribution is 1.41. The third kappa shape index (κ3) is 2.77. The first-order valence-corrected chi connectivity index (χ1v) is 5.69. The van der Waals surface area contributed by atoms with Gasteiger partial charge >= 0.3 is 0 Å². The fourth-order valence-electron chi connectivity index (χ4n) is 1.25. The number of nitrogens with two attached hydrogens (primary N) is 1. The van der Waals surface area contributed by atoms with Crippen LogP contribution in [0.5, 0.6) is 0 Å². The van der Waals surface area contributed by atoms with Crippen molar-refractivity contribution in [2.24, 2.45) is 0 Å². The quantitative estimate of drug-likeness (QED) is 0.644. The van der Waals surface area contributed by atoms with Crippen molar-refractivity contribution >= 4 is 27.4 Å². The van der Waals surface area contributed by atoms with E-state index in [-0.39, 0.29) is 0 Å². The Bertz CT molecular complexity index is 483. The molecule has 0 unspecified atom stereocenters. The molecule has 0 fully saturated rings. The van der Waals surface area contributed by atoms with E-state index in [1.54, 1.807) is 6.20 Å². The van der Waals surface area contributed by atoms with Crippen LogP contribution in [0.25, 0.3) is 10.9 Å². The Kier molecular flexibility index (Phi) is 3.46. The van der Waals surface area contributed by atoms with Crippen molar-refractivity contribution in [3.05, 3.63) is 54.2 Å². The molecule has 4 heteroatoms. The summed E-state index contributed by atoms with van der Waals surface area (Å²) in [5.41, 5.74) is 6.25. The van der Waals surface area contributed by atoms with Gasteiger partial charge in [-0.2, -0.15) is 0 Å². The minimum atomic E-state index is 0.634. The van der Waals surface area contributed by atoms with Gasteiger partial charge < -0.3 is 5.73 Å². The average Bonchev–Trinajstić information content (AvgIpc) is 2.81. The van der Waals surface area contributed by atoms with Gasteiger partial charge in [0.2, 0.25) is 0 Å². The van der Waals surface area contributed by atoms with Crippen LogP contribution in [-0.2, 0) is 0 Å². The fourth-order valence-corrected chi connectivity index (χ4v) is 1.63. The first-order chi connectivity index (χ1) is 7.86. The van der Waals surface area contributed by atoms with Crippen LogP contribution < -0.4 is 5.73 Å². The molecule has 0 saturated heterocycles. The number of benzene rings is 1. The third-order valence-corrected chi connectivity index (χ3v) is 2.57. The molecular weight excluding hydrogens is 218 g/mol. The maximum Gasteiger partial charge on any atom is 0.179 e. The highest BCUT2D eigenvalue weighted by atomic mass is 32.1. The number of thiazole rings is 1. The van der Waals surface area contributed by atoms with Crippen molar-refractivity contribution in [1.29, 1.82) is 0 Å². The number of para-hydroxylation sites is 1. The predicted molar refractivity (Wildman–Crippen MR) is 68.3 cm³/mol. The van der Waals surface area contributed by atoms with Crippen molar-refractivity contribution < 1.29 is 0 Å². The Balaban J connectivity index is 0.000000138. The topological polar surface area (TPSA) is 51.8 Å². The van der Waals surface area contributed by atoms with Gasteiger partial charge in [-0.25, -0.2) is 4.98 Å². The summed E-state index contributed by atoms with van der Waals surface area (Å²) in [4.78, 5) is 7.89. The van der Waals surface area contributed by atoms with E-state index < -0.39 is 0 Å². The molecule has 0 bridgehead atoms. The van der Waals surface area contributed by atoms with Crippen LogP contribution in [-0.4, -0.2) is 9.97 Å². The summed E-state index contributed by atoms with van der Waals surface area (Å²) in [6, 6.07) is 12.1. The van der Waals surface area contributed by atoms with Gasteiger partial charge in [-0.05, 0) is 12.1 Å². The van der Waals surface area contributed by atoms with Crippen LogP contribution in [0.15, 0.2) is 54.2 Å². The van der Waals surface area contributed by atoms with E-state index in [0.29, 0.717) is 5.13 Å². The largest absolute Gasteiger partial charge is 0.375 e. The second-order valence-electron chi connectivity index (χ2n) is 3.07. The summed E-state index contributed by atoms with van der Waals surface area (Å²) >= 11 is 1.44. The summed E-state index contributed by atoms with van der Waals surface area (Å²) in [5, 5.41) is 3.68. The second kappa shape index (κ2) is 5.23. The van der Waals surface area contributed by atoms with E-state index in [9.17, 15) is 0 Å². The molecule has 16 heavy (non-hydrogen) atoms. The lowest BCUT2D eigenvalue weighted by atomic mass is 10.2. The van der Waals surface area contributed by atoms with Crippen LogP contribution in [0.3, 0.4) is 0 Å². The highest BCUT2D eigenvalue weighted by Crippen LogP contribution is 2.07. The zero-order chi connectivity index (χ0) is 11.2. The number of aromatic nitrogens is 2. The molecule has 1 aromatic carbocycles. The molecule has 0 amide bonds. The van der Waals surface area contributed by atoms with Crippen molar-refractivity contribution in [2.75, 3.05) is 5.73 Å². The van der Waals surface area contributed by atoms with Gasteiger partial charge in [-0.15, -0.1) is 11.3 Å². The van der Waals surface area contributed by atoms with E-state index >= 15 is 0 Å². The number of fused-ring (bicyclic) bond motifs is 1. The van der Waals surface area contributed by atoms with Crippen LogP contribution in [0.1, 0.15) is 0 Å². The number of rotatable bonds is 0. The Morgan fingerprint density at radius 3 is 2.38 bits per heavy atom. The smallest absolute Gasteiger partial charge is 0.179 e. The molecule has 2 N–H and O–H groups in total. The Labute approximate surface area is 97.6 Å². The van der Waals surface area contributed by atoms with Crippen LogP contribution >= 0.6 is 11.3 Å². The molecule has 3 nitrogen and oxygen atoms in total. The molecule has 0 radical (unpaired) electrons. The molecule has 3 aromatic rings. The van der Waals surface area contributed by atoms with Crippen molar-refractivity contribution in [1.82, 2.24) is 9.97 Å². The van der Waals surface area contributed by atoms with Crippen molar-refractivity contribution in [3.8, 4) is 0 Å². The third-order valence-electron chi connectivity index (χ3n) is 1.96. The summed E-state index contributed by atoms with van der Waals surface area (Å²) < 4.78 is 0. The lowest BCUT2D eigenvalue weighted by Gasteiger charge is -1.91. The molecule has 3 rings (SSSR count). The van der Waals surface area contributed by atoms with Gasteiger partial charge in [0.1, 0.15) is 0 Å². The van der Waals surface area contributed by atoms with Gasteiger partial charge in [0.05, 0.1) is 5.52 Å². The first kappa shape index (κ1) is 10.6. The van der Waals surface area contributed by atoms with Crippen molar-refractivity contribution in [2.45, 2.75) is 0 Å². The van der Waals surface area contributed by atoms with Gasteiger partial charge in [0.25, 0.3) is 0 Å². The fraction of sp³-hybridized carbons (Fsp3) is 0. The van der Waals surface area contributed by atoms with Gasteiger partial charge in [0, 0.05) is 23.2 Å². The van der Waals surface area contributed by atoms with Crippen LogP contribution in [0.2, 0.25) is 0 Å². The van der Waals surface area contributed by atoms with Gasteiger partial charge in [-0.3, -0.25) is 4.98 Å². The minimum absolute atomic E-state index is 0.634. The zero-order valence-corrected chi connectivity index (χ0v) is 9.39. The number of anilines is 1. The Morgan fingerprint density at radius 2 is 1.75 bits per heavy atom. The zero-order valence-electron chi connectivity index (χ0n) is 8.58. The molecule has 0 aliphatic carbocycles. The minimum Gasteiger partial charge on any atom is -0.375 e. The molecule has 0 aliphatic heterocycles. The molecule has 80 valence electrons. The number of nitrogen functional groups attached to an aromatic ring is 1. The van der Waals surface area contributed by atoms with Gasteiger partial charge in [0.15, 0.2) is 5.13 Å². The van der Waals surface area contributed by atoms with Crippen LogP contribution in [0.4, 0.5) is 5.13 Å². The maximum atomic E-state index is 5.19. The SMILES string of the molecule is Nc1nccs1.c1ccc2ncccc2c1. The van der Waals surface area contributed by atoms with Crippen LogP contribution in [0, 0.1) is 0 Å². The molecule has 0 aliphatic rings. The predicted octanol–water partition coefficient (Wildman–Crippen LogP) is 2.96. The number of hydrogen-bond donors (Lipinski definition) is 1. The molecule has 2 heterocycles. The van der Waals surface area contributed by atoms with E-state index in [0.717, 1.165) is 5.52 Å². The van der Waals surface area contributed by atoms with E-state index in [1.807, 2.05) is 35.8 Å². The average molecular weight is 229 g/mol. The van der Waals surface area contributed by atoms with E-state index in [2.05, 4.69) is 22.1 Å². The summed E-state index contributed by atoms with van der Waals surface area (Å²) in [6.07, 6.45) is 3.49. The number of pyridine rings is 1. The number of hydrogen-bond acceptors (Lipinski definition) is 4. The number of nitrogens with zero attached hydrogens (tertiary/aromatic N) is 2. The molecule has 0 saturated carbocycles. The summed E-state index contributed by atoms with van der Waals surface area (Å²) in [7, 11) is 0. The summed E-state index contributed by atoms with van der Waals surface area (Å²) in [5.74, 6) is 0. The normalized spacial score (nSPS) is 9.50. The van der Waals surface area contributed by atoms with Gasteiger partial charge in [-0.1, -0.05) is 24.3 Å². The monoisotopic (exact) mass is 229 g/mol. The standard InChI is InChI=1S/C9H7N.C3H4N2S/c1-2-6-9-8(4-1)5-3-7-10-9;4-3-5-1-2-6-3/h1-7H;1-2H,(H2,4,5). The molecule has 0 atom stereocenters. The molecule has 0 spiro atoms. The first-order valence-electron chi connectivity index (χ1n) is 4.81. The Hall–Kier alpha value is -1.94. The highest BCUT2D eigenvalue weighted by Gasteiger charge is 1.86. The molecular formula is C12H11N3S. The van der Waals surface area contributed by atoms with E-state index in [4.69, 9.17) is 5.73 Å².